The van der Waals surface area contributed by atoms with Crippen molar-refractivity contribution in [2.45, 2.75) is 52.6 Å². The highest BCUT2D eigenvalue weighted by Crippen LogP contribution is 2.17. The van der Waals surface area contributed by atoms with Gasteiger partial charge in [-0.25, -0.2) is 4.79 Å². The predicted octanol–water partition coefficient (Wildman–Crippen LogP) is 0.729. The van der Waals surface area contributed by atoms with Crippen LogP contribution in [0.1, 0.15) is 40.5 Å². The van der Waals surface area contributed by atoms with Gasteiger partial charge in [0, 0.05) is 0 Å². The van der Waals surface area contributed by atoms with Crippen LogP contribution in [0.25, 0.3) is 0 Å². The lowest BCUT2D eigenvalue weighted by Crippen LogP contribution is -2.53. The Kier molecular flexibility index (Phi) is 5.44. The number of carbonyl (C=O) groups is 2. The minimum absolute atomic E-state index is 0.376. The van der Waals surface area contributed by atoms with E-state index in [4.69, 9.17) is 10.8 Å². The third kappa shape index (κ3) is 4.61. The molecule has 0 aromatic carbocycles. The number of hydrogen-bond donors (Lipinski definition) is 3. The van der Waals surface area contributed by atoms with E-state index in [1.807, 2.05) is 27.7 Å². The van der Waals surface area contributed by atoms with Crippen molar-refractivity contribution < 1.29 is 14.7 Å². The Hall–Kier alpha value is -1.10. The molecule has 0 heterocycles. The monoisotopic (exact) mass is 230 g/mol. The second-order valence-corrected chi connectivity index (χ2v) is 5.03. The van der Waals surface area contributed by atoms with Gasteiger partial charge in [-0.3, -0.25) is 4.79 Å². The number of nitrogens with one attached hydrogen (secondary N) is 1. The predicted molar refractivity (Wildman–Crippen MR) is 61.9 cm³/mol. The molecule has 0 saturated heterocycles. The minimum atomic E-state index is -1.02. The van der Waals surface area contributed by atoms with Gasteiger partial charge in [-0.05, 0) is 11.8 Å². The van der Waals surface area contributed by atoms with Crippen molar-refractivity contribution >= 4 is 11.9 Å². The smallest absolute Gasteiger partial charge is 0.326 e. The van der Waals surface area contributed by atoms with Gasteiger partial charge in [-0.15, -0.1) is 0 Å². The lowest BCUT2D eigenvalue weighted by molar-refractivity contribution is -0.142. The number of carboxylic acid groups (broad SMARTS) is 1. The zero-order valence-corrected chi connectivity index (χ0v) is 10.4. The molecular formula is C11H22N2O3. The van der Waals surface area contributed by atoms with Gasteiger partial charge in [0.25, 0.3) is 0 Å². The highest BCUT2D eigenvalue weighted by Gasteiger charge is 2.30. The van der Waals surface area contributed by atoms with Gasteiger partial charge >= 0.3 is 5.97 Å². The highest BCUT2D eigenvalue weighted by atomic mass is 16.4. The van der Waals surface area contributed by atoms with Gasteiger partial charge in [0.1, 0.15) is 6.04 Å². The van der Waals surface area contributed by atoms with Crippen molar-refractivity contribution in [1.29, 1.82) is 0 Å². The average Bonchev–Trinajstić information content (AvgIpc) is 2.14. The molecule has 2 atom stereocenters. The van der Waals surface area contributed by atoms with E-state index in [1.54, 1.807) is 0 Å². The Morgan fingerprint density at radius 1 is 1.38 bits per heavy atom. The Bertz CT molecular complexity index is 258. The maximum Gasteiger partial charge on any atom is 0.326 e. The third-order valence-electron chi connectivity index (χ3n) is 2.41. The minimum Gasteiger partial charge on any atom is -0.480 e. The molecule has 0 bridgehead atoms. The number of aliphatic carboxylic acids is 1. The van der Waals surface area contributed by atoms with Crippen molar-refractivity contribution in [3.63, 3.8) is 0 Å². The van der Waals surface area contributed by atoms with Crippen molar-refractivity contribution in [3.05, 3.63) is 0 Å². The van der Waals surface area contributed by atoms with Crippen molar-refractivity contribution in [1.82, 2.24) is 5.32 Å². The van der Waals surface area contributed by atoms with Gasteiger partial charge in [0.15, 0.2) is 0 Å². The first-order valence-corrected chi connectivity index (χ1v) is 5.49. The van der Waals surface area contributed by atoms with Crippen LogP contribution in [0.2, 0.25) is 0 Å². The van der Waals surface area contributed by atoms with Gasteiger partial charge in [-0.2, -0.15) is 0 Å². The fraction of sp³-hybridized carbons (Fsp3) is 0.818. The summed E-state index contributed by atoms with van der Waals surface area (Å²) in [5.41, 5.74) is 5.36. The second kappa shape index (κ2) is 5.84. The fourth-order valence-electron chi connectivity index (χ4n) is 1.20. The molecule has 1 amide bonds. The Labute approximate surface area is 96.4 Å². The summed E-state index contributed by atoms with van der Waals surface area (Å²) in [7, 11) is 0. The van der Waals surface area contributed by atoms with Crippen molar-refractivity contribution in [2.24, 2.45) is 11.1 Å². The lowest BCUT2D eigenvalue weighted by atomic mass is 9.87. The SMILES string of the molecule is CCCC(NC(=O)C(N)C(C)(C)C)C(=O)O. The van der Waals surface area contributed by atoms with E-state index in [9.17, 15) is 9.59 Å². The van der Waals surface area contributed by atoms with Crippen molar-refractivity contribution in [2.75, 3.05) is 0 Å². The molecule has 0 rings (SSSR count). The van der Waals surface area contributed by atoms with Crippen LogP contribution in [-0.2, 0) is 9.59 Å². The van der Waals surface area contributed by atoms with E-state index in [0.717, 1.165) is 0 Å². The molecule has 0 radical (unpaired) electrons. The fourth-order valence-corrected chi connectivity index (χ4v) is 1.20. The summed E-state index contributed by atoms with van der Waals surface area (Å²) in [4.78, 5) is 22.5. The molecule has 0 aromatic heterocycles. The second-order valence-electron chi connectivity index (χ2n) is 5.03. The third-order valence-corrected chi connectivity index (χ3v) is 2.41. The molecule has 5 nitrogen and oxygen atoms in total. The van der Waals surface area contributed by atoms with Crippen molar-refractivity contribution in [3.8, 4) is 0 Å². The lowest BCUT2D eigenvalue weighted by Gasteiger charge is -2.27. The van der Waals surface area contributed by atoms with Crippen LogP contribution in [0, 0.1) is 5.41 Å². The molecule has 0 fully saturated rings. The van der Waals surface area contributed by atoms with Crippen LogP contribution in [0.4, 0.5) is 0 Å². The zero-order valence-electron chi connectivity index (χ0n) is 10.4. The number of hydrogen-bond acceptors (Lipinski definition) is 3. The van der Waals surface area contributed by atoms with Crippen LogP contribution < -0.4 is 11.1 Å². The summed E-state index contributed by atoms with van der Waals surface area (Å²) >= 11 is 0. The molecule has 0 spiro atoms. The maximum absolute atomic E-state index is 11.7. The van der Waals surface area contributed by atoms with E-state index in [0.29, 0.717) is 12.8 Å². The molecule has 94 valence electrons. The summed E-state index contributed by atoms with van der Waals surface area (Å²) < 4.78 is 0. The summed E-state index contributed by atoms with van der Waals surface area (Å²) in [5, 5.41) is 11.3. The number of carboxylic acids is 1. The van der Waals surface area contributed by atoms with Gasteiger partial charge in [-0.1, -0.05) is 34.1 Å². The summed E-state index contributed by atoms with van der Waals surface area (Å²) in [5.74, 6) is -1.43. The summed E-state index contributed by atoms with van der Waals surface area (Å²) in [6, 6.07) is -1.54. The highest BCUT2D eigenvalue weighted by molar-refractivity contribution is 5.87. The molecule has 0 aromatic rings. The first-order chi connectivity index (χ1) is 7.20. The molecule has 2 unspecified atom stereocenters. The molecular weight excluding hydrogens is 208 g/mol. The van der Waals surface area contributed by atoms with Crippen LogP contribution in [0.3, 0.4) is 0 Å². The summed E-state index contributed by atoms with van der Waals surface area (Å²) in [6.45, 7) is 7.39. The van der Waals surface area contributed by atoms with E-state index in [2.05, 4.69) is 5.32 Å². The normalized spacial score (nSPS) is 15.3. The first kappa shape index (κ1) is 14.9. The molecule has 16 heavy (non-hydrogen) atoms. The number of nitrogens with two attached hydrogens (primary N) is 1. The molecule has 5 heteroatoms. The van der Waals surface area contributed by atoms with E-state index in [-0.39, 0.29) is 5.41 Å². The Morgan fingerprint density at radius 2 is 1.88 bits per heavy atom. The quantitative estimate of drug-likeness (QED) is 0.649. The maximum atomic E-state index is 11.7. The number of rotatable bonds is 5. The number of amides is 1. The van der Waals surface area contributed by atoms with Gasteiger partial charge in [0.05, 0.1) is 6.04 Å². The standard InChI is InChI=1S/C11H22N2O3/c1-5-6-7(10(15)16)13-9(14)8(12)11(2,3)4/h7-8H,5-6,12H2,1-4H3,(H,13,14)(H,15,16). The molecule has 4 N–H and O–H groups in total. The van der Waals surface area contributed by atoms with E-state index >= 15 is 0 Å². The molecule has 0 aliphatic heterocycles. The topological polar surface area (TPSA) is 92.4 Å². The Balaban J connectivity index is 4.46. The van der Waals surface area contributed by atoms with Crippen LogP contribution >= 0.6 is 0 Å². The molecule has 0 aliphatic rings. The molecule has 0 aliphatic carbocycles. The molecule has 0 saturated carbocycles. The van der Waals surface area contributed by atoms with Gasteiger partial charge < -0.3 is 16.2 Å². The van der Waals surface area contributed by atoms with Crippen LogP contribution in [0.15, 0.2) is 0 Å². The first-order valence-electron chi connectivity index (χ1n) is 5.49. The number of carbonyl (C=O) groups excluding carboxylic acids is 1. The summed E-state index contributed by atoms with van der Waals surface area (Å²) in [6.07, 6.45) is 1.11. The van der Waals surface area contributed by atoms with Gasteiger partial charge in [0.2, 0.25) is 5.91 Å². The Morgan fingerprint density at radius 3 is 2.19 bits per heavy atom. The zero-order chi connectivity index (χ0) is 12.9. The van der Waals surface area contributed by atoms with E-state index in [1.165, 1.54) is 0 Å². The largest absolute Gasteiger partial charge is 0.480 e. The van der Waals surface area contributed by atoms with Crippen LogP contribution in [0.5, 0.6) is 0 Å². The van der Waals surface area contributed by atoms with E-state index < -0.39 is 24.0 Å². The average molecular weight is 230 g/mol. The van der Waals surface area contributed by atoms with Crippen LogP contribution in [-0.4, -0.2) is 29.1 Å².